The van der Waals surface area contributed by atoms with Gasteiger partial charge in [-0.2, -0.15) is 0 Å². The number of nitrogens with zero attached hydrogens (tertiary/aromatic N) is 1. The maximum absolute atomic E-state index is 4.90. The van der Waals surface area contributed by atoms with Crippen LogP contribution in [0.1, 0.15) is 31.9 Å². The Morgan fingerprint density at radius 3 is 2.47 bits per heavy atom. The Kier molecular flexibility index (Phi) is 4.74. The summed E-state index contributed by atoms with van der Waals surface area (Å²) in [5, 5.41) is 5.42. The number of aromatic nitrogens is 1. The fourth-order valence-electron chi connectivity index (χ4n) is 5.18. The van der Waals surface area contributed by atoms with Crippen LogP contribution in [-0.2, 0) is 5.41 Å². The van der Waals surface area contributed by atoms with Crippen molar-refractivity contribution in [1.82, 2.24) is 4.98 Å². The van der Waals surface area contributed by atoms with Crippen LogP contribution in [0.3, 0.4) is 0 Å². The molecule has 0 unspecified atom stereocenters. The minimum absolute atomic E-state index is 0.0548. The number of hydrogen-bond acceptors (Lipinski definition) is 2. The normalized spacial score (nSPS) is 14.7. The Morgan fingerprint density at radius 1 is 0.824 bits per heavy atom. The first-order valence-corrected chi connectivity index (χ1v) is 15.9. The molecule has 6 rings (SSSR count). The van der Waals surface area contributed by atoms with Crippen LogP contribution in [0, 0.1) is 0 Å². The predicted molar refractivity (Wildman–Crippen MR) is 153 cm³/mol. The molecule has 0 aliphatic carbocycles. The molecule has 0 N–H and O–H groups in total. The van der Waals surface area contributed by atoms with Crippen molar-refractivity contribution in [2.75, 3.05) is 0 Å². The number of thiophene rings is 1. The first-order chi connectivity index (χ1) is 16.2. The molecule has 0 bridgehead atoms. The molecule has 0 amide bonds. The van der Waals surface area contributed by atoms with Crippen LogP contribution in [0.4, 0.5) is 0 Å². The van der Waals surface area contributed by atoms with E-state index in [0.29, 0.717) is 0 Å². The van der Waals surface area contributed by atoms with Gasteiger partial charge >= 0.3 is 0 Å². The molecule has 0 radical (unpaired) electrons. The fraction of sp³-hybridized carbons (Fsp3) is 0.194. The molecule has 2 aromatic heterocycles. The van der Waals surface area contributed by atoms with Gasteiger partial charge in [-0.3, -0.25) is 4.98 Å². The van der Waals surface area contributed by atoms with Crippen LogP contribution in [0.15, 0.2) is 78.6 Å². The van der Waals surface area contributed by atoms with Gasteiger partial charge in [0.25, 0.3) is 0 Å². The highest BCUT2D eigenvalue weighted by Crippen LogP contribution is 2.41. The topological polar surface area (TPSA) is 12.9 Å². The van der Waals surface area contributed by atoms with Crippen molar-refractivity contribution in [1.29, 1.82) is 0 Å². The van der Waals surface area contributed by atoms with Crippen molar-refractivity contribution in [3.05, 3.63) is 89.8 Å². The van der Waals surface area contributed by atoms with Gasteiger partial charge in [0.2, 0.25) is 0 Å². The van der Waals surface area contributed by atoms with Gasteiger partial charge in [-0.05, 0) is 67.7 Å². The van der Waals surface area contributed by atoms with Crippen LogP contribution < -0.4 is 5.19 Å². The van der Waals surface area contributed by atoms with E-state index in [-0.39, 0.29) is 5.41 Å². The smallest absolute Gasteiger partial charge is 0.105 e. The second kappa shape index (κ2) is 7.49. The van der Waals surface area contributed by atoms with Gasteiger partial charge in [-0.25, -0.2) is 0 Å². The van der Waals surface area contributed by atoms with E-state index in [1.807, 2.05) is 17.5 Å². The molecule has 0 atom stereocenters. The van der Waals surface area contributed by atoms with Crippen LogP contribution in [-0.4, -0.2) is 13.1 Å². The van der Waals surface area contributed by atoms with Crippen LogP contribution in [0.5, 0.6) is 0 Å². The summed E-state index contributed by atoms with van der Waals surface area (Å²) >= 11 is 1.87. The molecule has 3 heterocycles. The average molecular weight is 476 g/mol. The third-order valence-electron chi connectivity index (χ3n) is 7.09. The molecule has 3 aromatic carbocycles. The number of pyridine rings is 1. The van der Waals surface area contributed by atoms with Crippen molar-refractivity contribution in [3.8, 4) is 21.7 Å². The highest BCUT2D eigenvalue weighted by atomic mass is 32.1. The summed E-state index contributed by atoms with van der Waals surface area (Å²) in [7, 11) is -1.47. The molecule has 1 aliphatic rings. The lowest BCUT2D eigenvalue weighted by molar-refractivity contribution is 0.596. The first kappa shape index (κ1) is 21.5. The molecule has 0 saturated heterocycles. The van der Waals surface area contributed by atoms with E-state index in [2.05, 4.69) is 112 Å². The summed E-state index contributed by atoms with van der Waals surface area (Å²) in [4.78, 5) is 6.22. The minimum atomic E-state index is -1.47. The molecular formula is C31H29NSSi. The molecular weight excluding hydrogens is 447 g/mol. The number of benzene rings is 3. The highest BCUT2D eigenvalue weighted by Gasteiger charge is 2.27. The third kappa shape index (κ3) is 3.46. The summed E-state index contributed by atoms with van der Waals surface area (Å²) in [6.45, 7) is 11.7. The Balaban J connectivity index is 1.53. The lowest BCUT2D eigenvalue weighted by Crippen LogP contribution is -2.37. The number of fused-ring (bicyclic) bond motifs is 3. The zero-order valence-corrected chi connectivity index (χ0v) is 22.3. The van der Waals surface area contributed by atoms with Gasteiger partial charge in [-0.15, -0.1) is 11.3 Å². The minimum Gasteiger partial charge on any atom is -0.255 e. The van der Waals surface area contributed by atoms with Crippen LogP contribution >= 0.6 is 11.3 Å². The molecule has 0 fully saturated rings. The van der Waals surface area contributed by atoms with Gasteiger partial charge in [0.05, 0.1) is 10.4 Å². The van der Waals surface area contributed by atoms with E-state index in [4.69, 9.17) is 4.98 Å². The van der Waals surface area contributed by atoms with E-state index in [0.717, 1.165) is 5.69 Å². The quantitative estimate of drug-likeness (QED) is 0.233. The van der Waals surface area contributed by atoms with Crippen molar-refractivity contribution in [2.24, 2.45) is 0 Å². The lowest BCUT2D eigenvalue weighted by Gasteiger charge is -2.22. The SMILES string of the molecule is CC(C)(C)c1cc(-c2nccc3cc(-c4ccc5c(c4)[Si](C)(C)C=C5)sc23)cc2ccccc12. The van der Waals surface area contributed by atoms with Gasteiger partial charge in [0.15, 0.2) is 0 Å². The summed E-state index contributed by atoms with van der Waals surface area (Å²) in [6.07, 6.45) is 4.27. The fourth-order valence-corrected chi connectivity index (χ4v) is 8.56. The van der Waals surface area contributed by atoms with Crippen molar-refractivity contribution < 1.29 is 0 Å². The zero-order chi connectivity index (χ0) is 23.7. The highest BCUT2D eigenvalue weighted by molar-refractivity contribution is 7.22. The van der Waals surface area contributed by atoms with Crippen molar-refractivity contribution in [3.63, 3.8) is 0 Å². The van der Waals surface area contributed by atoms with E-state index in [1.165, 1.54) is 48.0 Å². The molecule has 0 spiro atoms. The maximum Gasteiger partial charge on any atom is 0.105 e. The van der Waals surface area contributed by atoms with Crippen LogP contribution in [0.2, 0.25) is 13.1 Å². The van der Waals surface area contributed by atoms with Gasteiger partial charge < -0.3 is 0 Å². The summed E-state index contributed by atoms with van der Waals surface area (Å²) < 4.78 is 1.27. The van der Waals surface area contributed by atoms with Gasteiger partial charge in [0, 0.05) is 16.6 Å². The Labute approximate surface area is 206 Å². The third-order valence-corrected chi connectivity index (χ3v) is 11.1. The molecule has 168 valence electrons. The second-order valence-electron chi connectivity index (χ2n) is 11.0. The summed E-state index contributed by atoms with van der Waals surface area (Å²) in [5.41, 5.74) is 8.88. The second-order valence-corrected chi connectivity index (χ2v) is 16.4. The van der Waals surface area contributed by atoms with Crippen molar-refractivity contribution >= 4 is 51.5 Å². The summed E-state index contributed by atoms with van der Waals surface area (Å²) in [5.74, 6) is 0. The van der Waals surface area contributed by atoms with E-state index >= 15 is 0 Å². The predicted octanol–water partition coefficient (Wildman–Crippen LogP) is 8.56. The zero-order valence-electron chi connectivity index (χ0n) is 20.4. The summed E-state index contributed by atoms with van der Waals surface area (Å²) in [6, 6.07) is 24.9. The maximum atomic E-state index is 4.90. The average Bonchev–Trinajstić information content (AvgIpc) is 3.38. The van der Waals surface area contributed by atoms with E-state index in [1.54, 1.807) is 5.19 Å². The molecule has 3 heteroatoms. The molecule has 1 aliphatic heterocycles. The first-order valence-electron chi connectivity index (χ1n) is 12.0. The molecule has 0 saturated carbocycles. The molecule has 1 nitrogen and oxygen atoms in total. The van der Waals surface area contributed by atoms with E-state index in [9.17, 15) is 0 Å². The Bertz CT molecular complexity index is 1610. The van der Waals surface area contributed by atoms with Gasteiger partial charge in [-0.1, -0.05) is 88.1 Å². The number of hydrogen-bond donors (Lipinski definition) is 0. The van der Waals surface area contributed by atoms with Gasteiger partial charge in [0.1, 0.15) is 8.07 Å². The standard InChI is InChI=1S/C31H29NSSi/c1-31(2,3)26-17-24(16-21-8-6-7-9-25(21)26)29-30-23(12-14-32-29)18-27(33-30)22-11-10-20-13-15-34(4,5)28(20)19-22/h6-19H,1-5H3. The molecule has 34 heavy (non-hydrogen) atoms. The monoisotopic (exact) mass is 475 g/mol. The number of rotatable bonds is 2. The largest absolute Gasteiger partial charge is 0.255 e. The Hall–Kier alpha value is -3.01. The van der Waals surface area contributed by atoms with Crippen LogP contribution in [0.25, 0.3) is 48.6 Å². The van der Waals surface area contributed by atoms with Crippen molar-refractivity contribution in [2.45, 2.75) is 39.3 Å². The molecule has 5 aromatic rings. The lowest BCUT2D eigenvalue weighted by atomic mass is 9.82. The van der Waals surface area contributed by atoms with E-state index < -0.39 is 8.07 Å². The Morgan fingerprint density at radius 2 is 1.65 bits per heavy atom.